The predicted molar refractivity (Wildman–Crippen MR) is 103 cm³/mol. The second-order valence-electron chi connectivity index (χ2n) is 5.90. The number of pyridine rings is 1. The first-order valence-electron chi connectivity index (χ1n) is 8.28. The van der Waals surface area contributed by atoms with Crippen LogP contribution in [-0.4, -0.2) is 16.8 Å². The first-order valence-corrected chi connectivity index (χ1v) is 8.28. The van der Waals surface area contributed by atoms with Gasteiger partial charge in [-0.15, -0.1) is 0 Å². The van der Waals surface area contributed by atoms with E-state index in [-0.39, 0.29) is 11.8 Å². The van der Waals surface area contributed by atoms with Crippen LogP contribution in [0.4, 0.5) is 31.7 Å². The van der Waals surface area contributed by atoms with Gasteiger partial charge in [0, 0.05) is 36.2 Å². The van der Waals surface area contributed by atoms with Gasteiger partial charge in [-0.2, -0.15) is 0 Å². The second-order valence-corrected chi connectivity index (χ2v) is 5.90. The number of halogens is 2. The Hall–Kier alpha value is -3.81. The van der Waals surface area contributed by atoms with E-state index in [1.165, 1.54) is 19.2 Å². The molecule has 0 atom stereocenters. The molecule has 0 saturated carbocycles. The van der Waals surface area contributed by atoms with Gasteiger partial charge in [0.25, 0.3) is 5.91 Å². The van der Waals surface area contributed by atoms with Gasteiger partial charge in [-0.3, -0.25) is 9.59 Å². The number of carbonyl (C=O) groups excluding carboxylic acids is 2. The van der Waals surface area contributed by atoms with E-state index >= 15 is 0 Å². The van der Waals surface area contributed by atoms with Gasteiger partial charge in [0.05, 0.1) is 5.56 Å². The lowest BCUT2D eigenvalue weighted by atomic mass is 10.2. The Morgan fingerprint density at radius 1 is 0.857 bits per heavy atom. The number of hydrogen-bond acceptors (Lipinski definition) is 4. The summed E-state index contributed by atoms with van der Waals surface area (Å²) < 4.78 is 26.2. The topological polar surface area (TPSA) is 83.1 Å². The SMILES string of the molecule is CC(=O)Nc1cccc(NC(=O)c2ccc(Nc3ccc(F)c(F)c3)nc2)c1. The molecule has 3 aromatic rings. The molecule has 2 aromatic carbocycles. The molecule has 0 unspecified atom stereocenters. The molecule has 6 nitrogen and oxygen atoms in total. The summed E-state index contributed by atoms with van der Waals surface area (Å²) in [5.74, 6) is -2.13. The van der Waals surface area contributed by atoms with E-state index in [1.54, 1.807) is 36.4 Å². The highest BCUT2D eigenvalue weighted by atomic mass is 19.2. The molecule has 28 heavy (non-hydrogen) atoms. The number of benzene rings is 2. The Morgan fingerprint density at radius 3 is 2.25 bits per heavy atom. The van der Waals surface area contributed by atoms with Crippen LogP contribution < -0.4 is 16.0 Å². The summed E-state index contributed by atoms with van der Waals surface area (Å²) in [7, 11) is 0. The summed E-state index contributed by atoms with van der Waals surface area (Å²) in [5.41, 5.74) is 1.72. The fourth-order valence-electron chi connectivity index (χ4n) is 2.41. The smallest absolute Gasteiger partial charge is 0.257 e. The van der Waals surface area contributed by atoms with Gasteiger partial charge in [0.1, 0.15) is 5.82 Å². The maximum Gasteiger partial charge on any atom is 0.257 e. The number of nitrogens with zero attached hydrogens (tertiary/aromatic N) is 1. The molecule has 0 bridgehead atoms. The van der Waals surface area contributed by atoms with Crippen molar-refractivity contribution in [3.8, 4) is 0 Å². The molecular weight excluding hydrogens is 366 g/mol. The summed E-state index contributed by atoms with van der Waals surface area (Å²) in [6, 6.07) is 13.2. The van der Waals surface area contributed by atoms with Gasteiger partial charge in [-0.25, -0.2) is 13.8 Å². The van der Waals surface area contributed by atoms with Crippen LogP contribution in [0.25, 0.3) is 0 Å². The summed E-state index contributed by atoms with van der Waals surface area (Å²) in [6.45, 7) is 1.40. The van der Waals surface area contributed by atoms with E-state index in [1.807, 2.05) is 0 Å². The molecule has 142 valence electrons. The number of hydrogen-bond donors (Lipinski definition) is 3. The minimum atomic E-state index is -0.970. The lowest BCUT2D eigenvalue weighted by Crippen LogP contribution is -2.13. The van der Waals surface area contributed by atoms with Gasteiger partial charge in [0.15, 0.2) is 11.6 Å². The summed E-state index contributed by atoms with van der Waals surface area (Å²) in [6.07, 6.45) is 1.36. The molecule has 0 radical (unpaired) electrons. The van der Waals surface area contributed by atoms with Crippen molar-refractivity contribution < 1.29 is 18.4 Å². The van der Waals surface area contributed by atoms with Crippen molar-refractivity contribution >= 4 is 34.7 Å². The number of nitrogens with one attached hydrogen (secondary N) is 3. The van der Waals surface area contributed by atoms with Gasteiger partial charge in [-0.1, -0.05) is 6.07 Å². The molecule has 1 heterocycles. The molecule has 0 aliphatic carbocycles. The third kappa shape index (κ3) is 4.88. The fourth-order valence-corrected chi connectivity index (χ4v) is 2.41. The van der Waals surface area contributed by atoms with Gasteiger partial charge < -0.3 is 16.0 Å². The van der Waals surface area contributed by atoms with Crippen molar-refractivity contribution in [3.05, 3.63) is 78.0 Å². The van der Waals surface area contributed by atoms with E-state index < -0.39 is 11.6 Å². The zero-order valence-corrected chi connectivity index (χ0v) is 14.8. The van der Waals surface area contributed by atoms with E-state index in [0.717, 1.165) is 12.1 Å². The van der Waals surface area contributed by atoms with Crippen LogP contribution in [0, 0.1) is 11.6 Å². The normalized spacial score (nSPS) is 10.2. The maximum absolute atomic E-state index is 13.2. The Morgan fingerprint density at radius 2 is 1.61 bits per heavy atom. The minimum absolute atomic E-state index is 0.211. The van der Waals surface area contributed by atoms with Crippen LogP contribution in [0.3, 0.4) is 0 Å². The summed E-state index contributed by atoms with van der Waals surface area (Å²) >= 11 is 0. The summed E-state index contributed by atoms with van der Waals surface area (Å²) in [4.78, 5) is 27.6. The van der Waals surface area contributed by atoms with Crippen molar-refractivity contribution in [1.82, 2.24) is 4.98 Å². The van der Waals surface area contributed by atoms with Crippen molar-refractivity contribution in [3.63, 3.8) is 0 Å². The highest BCUT2D eigenvalue weighted by Crippen LogP contribution is 2.19. The molecule has 3 N–H and O–H groups in total. The number of aromatic nitrogens is 1. The molecule has 0 saturated heterocycles. The fraction of sp³-hybridized carbons (Fsp3) is 0.0500. The van der Waals surface area contributed by atoms with Crippen LogP contribution in [-0.2, 0) is 4.79 Å². The molecule has 1 aromatic heterocycles. The zero-order chi connectivity index (χ0) is 20.1. The van der Waals surface area contributed by atoms with Crippen LogP contribution in [0.15, 0.2) is 60.8 Å². The molecule has 0 fully saturated rings. The number of carbonyl (C=O) groups is 2. The molecule has 0 aliphatic heterocycles. The molecule has 2 amide bonds. The van der Waals surface area contributed by atoms with E-state index in [0.29, 0.717) is 28.4 Å². The average Bonchev–Trinajstić information content (AvgIpc) is 2.65. The predicted octanol–water partition coefficient (Wildman–Crippen LogP) is 4.31. The van der Waals surface area contributed by atoms with Crippen molar-refractivity contribution in [2.75, 3.05) is 16.0 Å². The Balaban J connectivity index is 1.66. The van der Waals surface area contributed by atoms with Crippen LogP contribution in [0.5, 0.6) is 0 Å². The summed E-state index contributed by atoms with van der Waals surface area (Å²) in [5, 5.41) is 8.17. The van der Waals surface area contributed by atoms with E-state index in [2.05, 4.69) is 20.9 Å². The third-order valence-corrected chi connectivity index (χ3v) is 3.66. The van der Waals surface area contributed by atoms with Crippen LogP contribution in [0.2, 0.25) is 0 Å². The van der Waals surface area contributed by atoms with Crippen LogP contribution >= 0.6 is 0 Å². The maximum atomic E-state index is 13.2. The third-order valence-electron chi connectivity index (χ3n) is 3.66. The number of amides is 2. The minimum Gasteiger partial charge on any atom is -0.340 e. The van der Waals surface area contributed by atoms with Crippen molar-refractivity contribution in [2.45, 2.75) is 6.92 Å². The van der Waals surface area contributed by atoms with E-state index in [4.69, 9.17) is 0 Å². The van der Waals surface area contributed by atoms with Gasteiger partial charge in [0.2, 0.25) is 5.91 Å². The molecular formula is C20H16F2N4O2. The first-order chi connectivity index (χ1) is 13.4. The zero-order valence-electron chi connectivity index (χ0n) is 14.8. The monoisotopic (exact) mass is 382 g/mol. The van der Waals surface area contributed by atoms with Crippen LogP contribution in [0.1, 0.15) is 17.3 Å². The highest BCUT2D eigenvalue weighted by Gasteiger charge is 2.08. The lowest BCUT2D eigenvalue weighted by molar-refractivity contribution is -0.114. The lowest BCUT2D eigenvalue weighted by Gasteiger charge is -2.09. The molecule has 3 rings (SSSR count). The molecule has 0 aliphatic rings. The largest absolute Gasteiger partial charge is 0.340 e. The second kappa shape index (κ2) is 8.26. The number of rotatable bonds is 5. The van der Waals surface area contributed by atoms with E-state index in [9.17, 15) is 18.4 Å². The van der Waals surface area contributed by atoms with Crippen molar-refractivity contribution in [1.29, 1.82) is 0 Å². The average molecular weight is 382 g/mol. The quantitative estimate of drug-likeness (QED) is 0.614. The van der Waals surface area contributed by atoms with Crippen molar-refractivity contribution in [2.24, 2.45) is 0 Å². The Kier molecular flexibility index (Phi) is 5.59. The molecule has 8 heteroatoms. The highest BCUT2D eigenvalue weighted by molar-refractivity contribution is 6.04. The van der Waals surface area contributed by atoms with Gasteiger partial charge in [-0.05, 0) is 42.5 Å². The first kappa shape index (κ1) is 19.0. The Labute approximate surface area is 159 Å². The Bertz CT molecular complexity index is 1020. The standard InChI is InChI=1S/C20H16F2N4O2/c1-12(27)24-14-3-2-4-15(9-14)26-20(28)13-5-8-19(23-11-13)25-16-6-7-17(21)18(22)10-16/h2-11H,1H3,(H,23,25)(H,24,27)(H,26,28). The number of anilines is 4. The molecule has 0 spiro atoms. The van der Waals surface area contributed by atoms with Gasteiger partial charge >= 0.3 is 0 Å².